The molecule has 8 nitrogen and oxygen atoms in total. The summed E-state index contributed by atoms with van der Waals surface area (Å²) in [6, 6.07) is 8.05. The second-order valence-electron chi connectivity index (χ2n) is 8.18. The van der Waals surface area contributed by atoms with Gasteiger partial charge in [-0.05, 0) is 53.7 Å². The number of para-hydroxylation sites is 2. The average molecular weight is 418 g/mol. The molecule has 0 aliphatic heterocycles. The Kier molecular flexibility index (Phi) is 5.88. The zero-order valence-electron chi connectivity index (χ0n) is 17.6. The lowest BCUT2D eigenvalue weighted by atomic mass is 10.1. The standard InChI is InChI=1S/C20H27N5O3S/c1-7-25-14-11-9-8-10-13(14)21-17(25)29-12-15-22-16(24-28-15)20(5,6)23-18(26)27-19(2,3)4/h8-11H,7,12H2,1-6H3,(H,23,26). The number of hydrogen-bond acceptors (Lipinski definition) is 7. The van der Waals surface area contributed by atoms with Crippen LogP contribution in [0.15, 0.2) is 33.9 Å². The van der Waals surface area contributed by atoms with E-state index < -0.39 is 17.2 Å². The highest BCUT2D eigenvalue weighted by atomic mass is 32.2. The Balaban J connectivity index is 1.68. The summed E-state index contributed by atoms with van der Waals surface area (Å²) in [5, 5.41) is 7.72. The van der Waals surface area contributed by atoms with E-state index in [1.165, 1.54) is 11.8 Å². The van der Waals surface area contributed by atoms with Gasteiger partial charge in [0.2, 0.25) is 5.89 Å². The van der Waals surface area contributed by atoms with E-state index in [4.69, 9.17) is 14.2 Å². The predicted molar refractivity (Wildman–Crippen MR) is 112 cm³/mol. The number of benzene rings is 1. The molecule has 1 aromatic carbocycles. The van der Waals surface area contributed by atoms with E-state index in [0.717, 1.165) is 22.7 Å². The Morgan fingerprint density at radius 3 is 2.62 bits per heavy atom. The molecule has 0 aliphatic rings. The number of rotatable bonds is 6. The van der Waals surface area contributed by atoms with Gasteiger partial charge in [-0.2, -0.15) is 4.98 Å². The molecule has 3 rings (SSSR count). The number of nitrogens with zero attached hydrogens (tertiary/aromatic N) is 4. The Bertz CT molecular complexity index is 1000. The van der Waals surface area contributed by atoms with E-state index in [2.05, 4.69) is 33.0 Å². The molecular weight excluding hydrogens is 390 g/mol. The first kappa shape index (κ1) is 21.2. The fourth-order valence-electron chi connectivity index (χ4n) is 2.78. The molecule has 1 amide bonds. The van der Waals surface area contributed by atoms with Crippen LogP contribution in [0, 0.1) is 0 Å². The van der Waals surface area contributed by atoms with Gasteiger partial charge in [-0.1, -0.05) is 29.1 Å². The van der Waals surface area contributed by atoms with Gasteiger partial charge in [0.1, 0.15) is 11.1 Å². The third kappa shape index (κ3) is 5.09. The summed E-state index contributed by atoms with van der Waals surface area (Å²) in [5.41, 5.74) is 0.659. The van der Waals surface area contributed by atoms with Crippen molar-refractivity contribution in [3.63, 3.8) is 0 Å². The predicted octanol–water partition coefficient (Wildman–Crippen LogP) is 4.49. The van der Waals surface area contributed by atoms with Crippen molar-refractivity contribution in [2.75, 3.05) is 0 Å². The van der Waals surface area contributed by atoms with E-state index >= 15 is 0 Å². The number of imidazole rings is 1. The third-order valence-electron chi connectivity index (χ3n) is 4.10. The van der Waals surface area contributed by atoms with Gasteiger partial charge >= 0.3 is 6.09 Å². The Morgan fingerprint density at radius 2 is 1.93 bits per heavy atom. The fourth-order valence-corrected chi connectivity index (χ4v) is 3.69. The van der Waals surface area contributed by atoms with Gasteiger partial charge in [0.25, 0.3) is 0 Å². The highest BCUT2D eigenvalue weighted by molar-refractivity contribution is 7.98. The number of carbonyl (C=O) groups excluding carboxylic acids is 1. The van der Waals surface area contributed by atoms with Crippen molar-refractivity contribution in [3.05, 3.63) is 36.0 Å². The SMILES string of the molecule is CCn1c(SCc2nc(C(C)(C)NC(=O)OC(C)(C)C)no2)nc2ccccc21. The molecule has 0 aliphatic carbocycles. The van der Waals surface area contributed by atoms with Crippen LogP contribution in [0.2, 0.25) is 0 Å². The van der Waals surface area contributed by atoms with E-state index in [-0.39, 0.29) is 0 Å². The van der Waals surface area contributed by atoms with Gasteiger partial charge in [-0.25, -0.2) is 9.78 Å². The normalized spacial score (nSPS) is 12.3. The second kappa shape index (κ2) is 8.06. The van der Waals surface area contributed by atoms with Crippen molar-refractivity contribution >= 4 is 28.9 Å². The van der Waals surface area contributed by atoms with Crippen LogP contribution >= 0.6 is 11.8 Å². The number of amides is 1. The Labute approximate surface area is 174 Å². The zero-order valence-corrected chi connectivity index (χ0v) is 18.5. The quantitative estimate of drug-likeness (QED) is 0.590. The number of alkyl carbamates (subject to hydrolysis) is 1. The lowest BCUT2D eigenvalue weighted by Crippen LogP contribution is -2.44. The van der Waals surface area contributed by atoms with Crippen molar-refractivity contribution in [3.8, 4) is 0 Å². The molecule has 0 saturated heterocycles. The summed E-state index contributed by atoms with van der Waals surface area (Å²) >= 11 is 1.54. The molecule has 1 N–H and O–H groups in total. The second-order valence-corrected chi connectivity index (χ2v) is 9.12. The first-order valence-corrected chi connectivity index (χ1v) is 10.5. The van der Waals surface area contributed by atoms with E-state index in [0.29, 0.717) is 17.5 Å². The van der Waals surface area contributed by atoms with Gasteiger partial charge in [0.05, 0.1) is 16.8 Å². The van der Waals surface area contributed by atoms with E-state index in [9.17, 15) is 4.79 Å². The summed E-state index contributed by atoms with van der Waals surface area (Å²) in [6.45, 7) is 12.0. The number of hydrogen-bond donors (Lipinski definition) is 1. The number of fused-ring (bicyclic) bond motifs is 1. The van der Waals surface area contributed by atoms with Gasteiger partial charge in [-0.3, -0.25) is 0 Å². The number of thioether (sulfide) groups is 1. The number of aromatic nitrogens is 4. The number of ether oxygens (including phenoxy) is 1. The molecule has 0 saturated carbocycles. The van der Waals surface area contributed by atoms with Crippen molar-refractivity contribution in [1.29, 1.82) is 0 Å². The monoisotopic (exact) mass is 417 g/mol. The minimum atomic E-state index is -0.828. The minimum Gasteiger partial charge on any atom is -0.444 e. The van der Waals surface area contributed by atoms with Crippen molar-refractivity contribution in [2.24, 2.45) is 0 Å². The van der Waals surface area contributed by atoms with Crippen LogP contribution in [-0.2, 0) is 22.6 Å². The molecule has 0 radical (unpaired) electrons. The maximum absolute atomic E-state index is 12.1. The summed E-state index contributed by atoms with van der Waals surface area (Å²) in [4.78, 5) is 21.2. The van der Waals surface area contributed by atoms with Crippen LogP contribution in [-0.4, -0.2) is 31.4 Å². The van der Waals surface area contributed by atoms with Crippen molar-refractivity contribution < 1.29 is 14.1 Å². The van der Waals surface area contributed by atoms with Crippen LogP contribution in [0.4, 0.5) is 4.79 Å². The van der Waals surface area contributed by atoms with Gasteiger partial charge in [0, 0.05) is 6.54 Å². The summed E-state index contributed by atoms with van der Waals surface area (Å²) in [5.74, 6) is 1.35. The first-order chi connectivity index (χ1) is 13.6. The molecule has 29 heavy (non-hydrogen) atoms. The highest BCUT2D eigenvalue weighted by Crippen LogP contribution is 2.27. The molecule has 2 aromatic heterocycles. The van der Waals surface area contributed by atoms with Gasteiger partial charge in [0.15, 0.2) is 11.0 Å². The summed E-state index contributed by atoms with van der Waals surface area (Å²) in [6.07, 6.45) is -0.528. The summed E-state index contributed by atoms with van der Waals surface area (Å²) < 4.78 is 12.9. The van der Waals surface area contributed by atoms with Crippen molar-refractivity contribution in [2.45, 2.75) is 70.1 Å². The molecule has 0 atom stereocenters. The first-order valence-electron chi connectivity index (χ1n) is 9.51. The number of carbonyl (C=O) groups is 1. The number of aryl methyl sites for hydroxylation is 1. The molecule has 0 bridgehead atoms. The molecule has 3 aromatic rings. The average Bonchev–Trinajstić information content (AvgIpc) is 3.22. The Hall–Kier alpha value is -2.55. The zero-order chi connectivity index (χ0) is 21.2. The Morgan fingerprint density at radius 1 is 1.21 bits per heavy atom. The topological polar surface area (TPSA) is 95.1 Å². The fraction of sp³-hybridized carbons (Fsp3) is 0.500. The number of nitrogens with one attached hydrogen (secondary N) is 1. The lowest BCUT2D eigenvalue weighted by Gasteiger charge is -2.26. The molecule has 2 heterocycles. The molecule has 0 unspecified atom stereocenters. The molecule has 0 spiro atoms. The van der Waals surface area contributed by atoms with Crippen LogP contribution in [0.1, 0.15) is 53.3 Å². The third-order valence-corrected chi connectivity index (χ3v) is 5.06. The molecule has 156 valence electrons. The largest absolute Gasteiger partial charge is 0.444 e. The summed E-state index contributed by atoms with van der Waals surface area (Å²) in [7, 11) is 0. The minimum absolute atomic E-state index is 0.392. The van der Waals surface area contributed by atoms with Crippen LogP contribution < -0.4 is 5.32 Å². The molecular formula is C20H27N5O3S. The molecule has 0 fully saturated rings. The maximum Gasteiger partial charge on any atom is 0.408 e. The van der Waals surface area contributed by atoms with Crippen LogP contribution in [0.5, 0.6) is 0 Å². The molecule has 9 heteroatoms. The van der Waals surface area contributed by atoms with Crippen molar-refractivity contribution in [1.82, 2.24) is 25.0 Å². The maximum atomic E-state index is 12.1. The van der Waals surface area contributed by atoms with Gasteiger partial charge in [-0.15, -0.1) is 0 Å². The van der Waals surface area contributed by atoms with E-state index in [1.807, 2.05) is 39.0 Å². The smallest absolute Gasteiger partial charge is 0.408 e. The lowest BCUT2D eigenvalue weighted by molar-refractivity contribution is 0.0465. The highest BCUT2D eigenvalue weighted by Gasteiger charge is 2.31. The van der Waals surface area contributed by atoms with E-state index in [1.54, 1.807) is 13.8 Å². The van der Waals surface area contributed by atoms with Crippen LogP contribution in [0.3, 0.4) is 0 Å². The van der Waals surface area contributed by atoms with Crippen LogP contribution in [0.25, 0.3) is 11.0 Å². The van der Waals surface area contributed by atoms with Gasteiger partial charge < -0.3 is 19.1 Å².